The van der Waals surface area contributed by atoms with E-state index in [1.54, 1.807) is 0 Å². The van der Waals surface area contributed by atoms with Crippen LogP contribution < -0.4 is 5.32 Å². The second-order valence-corrected chi connectivity index (χ2v) is 2.67. The highest BCUT2D eigenvalue weighted by molar-refractivity contribution is 5.77. The van der Waals surface area contributed by atoms with Crippen LogP contribution in [-0.2, 0) is 6.42 Å². The van der Waals surface area contributed by atoms with E-state index in [0.29, 0.717) is 0 Å². The molecule has 1 aliphatic rings. The van der Waals surface area contributed by atoms with E-state index in [9.17, 15) is 4.79 Å². The second kappa shape index (κ2) is 2.08. The van der Waals surface area contributed by atoms with Gasteiger partial charge in [-0.2, -0.15) is 9.78 Å². The van der Waals surface area contributed by atoms with Gasteiger partial charge in [0.25, 0.3) is 0 Å². The Morgan fingerprint density at radius 3 is 3.27 bits per heavy atom. The van der Waals surface area contributed by atoms with Gasteiger partial charge in [-0.15, -0.1) is 0 Å². The van der Waals surface area contributed by atoms with E-state index < -0.39 is 0 Å². The molecule has 2 heterocycles. The largest absolute Gasteiger partial charge is 0.342 e. The van der Waals surface area contributed by atoms with Gasteiger partial charge in [-0.05, 0) is 13.0 Å². The van der Waals surface area contributed by atoms with Crippen LogP contribution in [-0.4, -0.2) is 22.4 Å². The summed E-state index contributed by atoms with van der Waals surface area (Å²) >= 11 is 0. The summed E-state index contributed by atoms with van der Waals surface area (Å²) in [7, 11) is 0. The number of hydrogen-bond acceptors (Lipinski definition) is 2. The number of carbonyl (C=O) groups excluding carboxylic acids is 1. The van der Waals surface area contributed by atoms with Crippen LogP contribution in [0.5, 0.6) is 0 Å². The van der Waals surface area contributed by atoms with Gasteiger partial charge in [0, 0.05) is 13.0 Å². The molecule has 0 radical (unpaired) electrons. The molecule has 4 nitrogen and oxygen atoms in total. The summed E-state index contributed by atoms with van der Waals surface area (Å²) in [5.41, 5.74) is 1.91. The number of amides is 1. The van der Waals surface area contributed by atoms with Crippen LogP contribution in [0.4, 0.5) is 4.79 Å². The maximum absolute atomic E-state index is 11.1. The van der Waals surface area contributed by atoms with Crippen molar-refractivity contribution >= 4 is 6.03 Å². The van der Waals surface area contributed by atoms with Gasteiger partial charge in [0.05, 0.1) is 11.4 Å². The lowest BCUT2D eigenvalue weighted by Gasteiger charge is -2.12. The van der Waals surface area contributed by atoms with Gasteiger partial charge in [0.2, 0.25) is 0 Å². The molecule has 0 aromatic carbocycles. The molecule has 0 atom stereocenters. The van der Waals surface area contributed by atoms with Gasteiger partial charge in [0.15, 0.2) is 0 Å². The van der Waals surface area contributed by atoms with Crippen LogP contribution in [0.2, 0.25) is 0 Å². The molecule has 1 aliphatic heterocycles. The van der Waals surface area contributed by atoms with E-state index in [1.165, 1.54) is 4.68 Å². The monoisotopic (exact) mass is 151 g/mol. The third-order valence-corrected chi connectivity index (χ3v) is 1.76. The number of carbonyl (C=O) groups is 1. The van der Waals surface area contributed by atoms with E-state index in [-0.39, 0.29) is 6.03 Å². The fraction of sp³-hybridized carbons (Fsp3) is 0.429. The first-order valence-corrected chi connectivity index (χ1v) is 3.61. The Morgan fingerprint density at radius 1 is 1.73 bits per heavy atom. The summed E-state index contributed by atoms with van der Waals surface area (Å²) < 4.78 is 1.43. The molecule has 0 unspecified atom stereocenters. The predicted molar refractivity (Wildman–Crippen MR) is 39.5 cm³/mol. The predicted octanol–water partition coefficient (Wildman–Crippen LogP) is 0.305. The van der Waals surface area contributed by atoms with Crippen LogP contribution in [0.3, 0.4) is 0 Å². The minimum Gasteiger partial charge on any atom is -0.336 e. The van der Waals surface area contributed by atoms with Crippen molar-refractivity contribution in [1.82, 2.24) is 15.1 Å². The molecule has 0 fully saturated rings. The van der Waals surface area contributed by atoms with Gasteiger partial charge in [-0.1, -0.05) is 0 Å². The van der Waals surface area contributed by atoms with E-state index in [1.807, 2.05) is 13.0 Å². The Labute approximate surface area is 64.2 Å². The minimum atomic E-state index is -0.112. The third-order valence-electron chi connectivity index (χ3n) is 1.76. The summed E-state index contributed by atoms with van der Waals surface area (Å²) in [4.78, 5) is 11.1. The lowest BCUT2D eigenvalue weighted by Crippen LogP contribution is -2.37. The molecule has 0 aliphatic carbocycles. The topological polar surface area (TPSA) is 46.9 Å². The van der Waals surface area contributed by atoms with Crippen molar-refractivity contribution in [2.75, 3.05) is 6.54 Å². The van der Waals surface area contributed by atoms with Crippen molar-refractivity contribution in [2.45, 2.75) is 13.3 Å². The lowest BCUT2D eigenvalue weighted by molar-refractivity contribution is 0.236. The van der Waals surface area contributed by atoms with Crippen molar-refractivity contribution in [1.29, 1.82) is 0 Å². The average molecular weight is 151 g/mol. The van der Waals surface area contributed by atoms with E-state index in [4.69, 9.17) is 0 Å². The maximum atomic E-state index is 11.1. The SMILES string of the molecule is Cc1cc2n(n1)C(=O)NCC2. The van der Waals surface area contributed by atoms with Crippen molar-refractivity contribution in [3.63, 3.8) is 0 Å². The zero-order chi connectivity index (χ0) is 7.84. The number of nitrogens with zero attached hydrogens (tertiary/aromatic N) is 2. The minimum absolute atomic E-state index is 0.112. The molecule has 0 saturated heterocycles. The molecule has 11 heavy (non-hydrogen) atoms. The Hall–Kier alpha value is -1.32. The molecular formula is C7H9N3O. The van der Waals surface area contributed by atoms with Crippen molar-refractivity contribution in [3.05, 3.63) is 17.5 Å². The smallest absolute Gasteiger partial charge is 0.336 e. The molecule has 1 amide bonds. The van der Waals surface area contributed by atoms with Crippen molar-refractivity contribution in [2.24, 2.45) is 0 Å². The summed E-state index contributed by atoms with van der Waals surface area (Å²) in [6, 6.07) is 1.83. The molecule has 0 bridgehead atoms. The molecule has 2 rings (SSSR count). The van der Waals surface area contributed by atoms with Gasteiger partial charge in [-0.25, -0.2) is 4.79 Å². The van der Waals surface area contributed by atoms with Gasteiger partial charge in [-0.3, -0.25) is 0 Å². The molecular weight excluding hydrogens is 142 g/mol. The van der Waals surface area contributed by atoms with Crippen LogP contribution in [0.25, 0.3) is 0 Å². The molecule has 1 aromatic heterocycles. The third kappa shape index (κ3) is 0.906. The van der Waals surface area contributed by atoms with Gasteiger partial charge >= 0.3 is 6.03 Å². The Bertz CT molecular complexity index is 303. The van der Waals surface area contributed by atoms with E-state index >= 15 is 0 Å². The molecule has 1 aromatic rings. The van der Waals surface area contributed by atoms with Crippen LogP contribution in [0.15, 0.2) is 6.07 Å². The number of hydrogen-bond donors (Lipinski definition) is 1. The number of aromatic nitrogens is 2. The Kier molecular flexibility index (Phi) is 1.21. The standard InChI is InChI=1S/C7H9N3O/c1-5-4-6-2-3-8-7(11)10(6)9-5/h4H,2-3H2,1H3,(H,8,11). The normalized spacial score (nSPS) is 15.9. The molecule has 58 valence electrons. The highest BCUT2D eigenvalue weighted by atomic mass is 16.2. The zero-order valence-corrected chi connectivity index (χ0v) is 6.29. The van der Waals surface area contributed by atoms with Gasteiger partial charge in [0.1, 0.15) is 0 Å². The lowest BCUT2D eigenvalue weighted by atomic mass is 10.2. The molecule has 0 saturated carbocycles. The molecule has 4 heteroatoms. The highest BCUT2D eigenvalue weighted by Gasteiger charge is 2.16. The summed E-state index contributed by atoms with van der Waals surface area (Å²) in [5, 5.41) is 6.75. The first-order chi connectivity index (χ1) is 5.27. The van der Waals surface area contributed by atoms with Crippen molar-refractivity contribution in [3.8, 4) is 0 Å². The van der Waals surface area contributed by atoms with E-state index in [2.05, 4.69) is 10.4 Å². The van der Waals surface area contributed by atoms with Crippen LogP contribution in [0, 0.1) is 6.92 Å². The molecule has 1 N–H and O–H groups in total. The number of nitrogens with one attached hydrogen (secondary N) is 1. The van der Waals surface area contributed by atoms with Crippen LogP contribution >= 0.6 is 0 Å². The Balaban J connectivity index is 2.52. The fourth-order valence-corrected chi connectivity index (χ4v) is 1.28. The fourth-order valence-electron chi connectivity index (χ4n) is 1.28. The van der Waals surface area contributed by atoms with Crippen LogP contribution in [0.1, 0.15) is 11.4 Å². The average Bonchev–Trinajstić information content (AvgIpc) is 2.31. The first-order valence-electron chi connectivity index (χ1n) is 3.61. The summed E-state index contributed by atoms with van der Waals surface area (Å²) in [6.45, 7) is 2.61. The summed E-state index contributed by atoms with van der Waals surface area (Å²) in [6.07, 6.45) is 0.882. The number of rotatable bonds is 0. The first kappa shape index (κ1) is 6.39. The number of aryl methyl sites for hydroxylation is 1. The quantitative estimate of drug-likeness (QED) is 0.580. The summed E-state index contributed by atoms with van der Waals surface area (Å²) in [5.74, 6) is 0. The maximum Gasteiger partial charge on any atom is 0.342 e. The number of fused-ring (bicyclic) bond motifs is 1. The highest BCUT2D eigenvalue weighted by Crippen LogP contribution is 2.06. The molecule has 0 spiro atoms. The zero-order valence-electron chi connectivity index (χ0n) is 6.29. The van der Waals surface area contributed by atoms with E-state index in [0.717, 1.165) is 24.4 Å². The second-order valence-electron chi connectivity index (χ2n) is 2.67. The van der Waals surface area contributed by atoms with Gasteiger partial charge < -0.3 is 5.32 Å². The van der Waals surface area contributed by atoms with Crippen molar-refractivity contribution < 1.29 is 4.79 Å². The Morgan fingerprint density at radius 2 is 2.55 bits per heavy atom.